The van der Waals surface area contributed by atoms with E-state index < -0.39 is 17.5 Å². The molecular formula is C15H15N5O4. The van der Waals surface area contributed by atoms with E-state index in [1.807, 2.05) is 0 Å². The van der Waals surface area contributed by atoms with Gasteiger partial charge in [0, 0.05) is 6.07 Å². The van der Waals surface area contributed by atoms with E-state index in [-0.39, 0.29) is 12.0 Å². The van der Waals surface area contributed by atoms with Crippen molar-refractivity contribution in [3.8, 4) is 17.5 Å². The molecule has 0 unspecified atom stereocenters. The first-order valence-electron chi connectivity index (χ1n) is 7.08. The van der Waals surface area contributed by atoms with Crippen LogP contribution in [0.3, 0.4) is 0 Å². The lowest BCUT2D eigenvalue weighted by Gasteiger charge is -2.14. The molecule has 9 nitrogen and oxygen atoms in total. The monoisotopic (exact) mass is 329 g/mol. The molecule has 24 heavy (non-hydrogen) atoms. The summed E-state index contributed by atoms with van der Waals surface area (Å²) in [4.78, 5) is 36.9. The molecular weight excluding hydrogens is 314 g/mol. The van der Waals surface area contributed by atoms with Crippen LogP contribution < -0.4 is 19.7 Å². The quantitative estimate of drug-likeness (QED) is 0.847. The van der Waals surface area contributed by atoms with E-state index in [0.29, 0.717) is 11.5 Å². The predicted molar refractivity (Wildman–Crippen MR) is 83.0 cm³/mol. The Balaban J connectivity index is 1.87. The lowest BCUT2D eigenvalue weighted by molar-refractivity contribution is -0.121. The number of ether oxygens (including phenoxy) is 2. The van der Waals surface area contributed by atoms with Crippen molar-refractivity contribution in [2.24, 2.45) is 0 Å². The first-order chi connectivity index (χ1) is 11.4. The van der Waals surface area contributed by atoms with E-state index >= 15 is 0 Å². The molecule has 0 saturated carbocycles. The zero-order valence-corrected chi connectivity index (χ0v) is 13.3. The third-order valence-electron chi connectivity index (χ3n) is 3.35. The third-order valence-corrected chi connectivity index (χ3v) is 3.35. The molecule has 0 aliphatic carbocycles. The van der Waals surface area contributed by atoms with Crippen LogP contribution in [-0.2, 0) is 4.79 Å². The molecule has 0 radical (unpaired) electrons. The standard InChI is InChI=1S/C15H15N5O4/c1-15(2)11(21)20(14(22)19-15)12-16-8-17-13(18-12)24-10-6-4-5-9(7-10)23-3/h4-8H,1-3H3,(H,19,22). The normalized spacial score (nSPS) is 16.0. The van der Waals surface area contributed by atoms with E-state index in [1.54, 1.807) is 45.2 Å². The Morgan fingerprint density at radius 1 is 1.17 bits per heavy atom. The van der Waals surface area contributed by atoms with Gasteiger partial charge < -0.3 is 14.8 Å². The van der Waals surface area contributed by atoms with E-state index in [9.17, 15) is 9.59 Å². The van der Waals surface area contributed by atoms with Gasteiger partial charge in [0.15, 0.2) is 0 Å². The molecule has 1 aromatic carbocycles. The number of amides is 3. The van der Waals surface area contributed by atoms with Gasteiger partial charge in [-0.3, -0.25) is 4.79 Å². The number of hydrogen-bond donors (Lipinski definition) is 1. The number of aromatic nitrogens is 3. The van der Waals surface area contributed by atoms with Crippen molar-refractivity contribution in [3.63, 3.8) is 0 Å². The molecule has 0 bridgehead atoms. The van der Waals surface area contributed by atoms with Crippen LogP contribution in [0.1, 0.15) is 13.8 Å². The Bertz CT molecular complexity index is 808. The van der Waals surface area contributed by atoms with Gasteiger partial charge in [-0.15, -0.1) is 0 Å². The Morgan fingerprint density at radius 3 is 2.58 bits per heavy atom. The van der Waals surface area contributed by atoms with Crippen LogP contribution in [0.15, 0.2) is 30.6 Å². The first kappa shape index (κ1) is 15.7. The van der Waals surface area contributed by atoms with Crippen LogP contribution in [0.5, 0.6) is 17.5 Å². The second-order valence-corrected chi connectivity index (χ2v) is 5.54. The molecule has 1 aromatic heterocycles. The maximum absolute atomic E-state index is 12.3. The van der Waals surface area contributed by atoms with E-state index in [4.69, 9.17) is 9.47 Å². The van der Waals surface area contributed by atoms with Crippen LogP contribution >= 0.6 is 0 Å². The highest BCUT2D eigenvalue weighted by molar-refractivity contribution is 6.22. The van der Waals surface area contributed by atoms with Crippen LogP contribution in [-0.4, -0.2) is 39.5 Å². The molecule has 2 aromatic rings. The Labute approximate surface area is 137 Å². The van der Waals surface area contributed by atoms with Crippen molar-refractivity contribution < 1.29 is 19.1 Å². The summed E-state index contributed by atoms with van der Waals surface area (Å²) in [6.45, 7) is 3.20. The number of rotatable bonds is 4. The molecule has 0 spiro atoms. The highest BCUT2D eigenvalue weighted by Crippen LogP contribution is 2.25. The minimum absolute atomic E-state index is 0.0430. The first-order valence-corrected chi connectivity index (χ1v) is 7.08. The predicted octanol–water partition coefficient (Wildman–Crippen LogP) is 1.51. The maximum atomic E-state index is 12.3. The fourth-order valence-corrected chi connectivity index (χ4v) is 2.13. The van der Waals surface area contributed by atoms with Gasteiger partial charge in [0.1, 0.15) is 23.4 Å². The smallest absolute Gasteiger partial charge is 0.332 e. The molecule has 2 heterocycles. The van der Waals surface area contributed by atoms with Crippen molar-refractivity contribution in [3.05, 3.63) is 30.6 Å². The van der Waals surface area contributed by atoms with Crippen molar-refractivity contribution in [2.45, 2.75) is 19.4 Å². The van der Waals surface area contributed by atoms with Gasteiger partial charge in [-0.2, -0.15) is 14.9 Å². The van der Waals surface area contributed by atoms with E-state index in [0.717, 1.165) is 4.90 Å². The van der Waals surface area contributed by atoms with Crippen LogP contribution in [0.2, 0.25) is 0 Å². The number of urea groups is 1. The molecule has 124 valence electrons. The molecule has 1 aliphatic heterocycles. The average Bonchev–Trinajstić information content (AvgIpc) is 2.75. The van der Waals surface area contributed by atoms with Crippen LogP contribution in [0.25, 0.3) is 0 Å². The molecule has 1 fully saturated rings. The maximum Gasteiger partial charge on any atom is 0.332 e. The van der Waals surface area contributed by atoms with E-state index in [1.165, 1.54) is 6.33 Å². The molecule has 1 N–H and O–H groups in total. The molecule has 3 rings (SSSR count). The third kappa shape index (κ3) is 2.83. The van der Waals surface area contributed by atoms with Crippen LogP contribution in [0.4, 0.5) is 10.7 Å². The minimum atomic E-state index is -1.02. The lowest BCUT2D eigenvalue weighted by Crippen LogP contribution is -2.40. The molecule has 3 amide bonds. The zero-order chi connectivity index (χ0) is 17.3. The van der Waals surface area contributed by atoms with Crippen molar-refractivity contribution in [1.29, 1.82) is 0 Å². The fourth-order valence-electron chi connectivity index (χ4n) is 2.13. The van der Waals surface area contributed by atoms with Crippen molar-refractivity contribution in [2.75, 3.05) is 12.0 Å². The second-order valence-electron chi connectivity index (χ2n) is 5.54. The molecule has 1 saturated heterocycles. The average molecular weight is 329 g/mol. The minimum Gasteiger partial charge on any atom is -0.497 e. The number of benzene rings is 1. The van der Waals surface area contributed by atoms with Gasteiger partial charge >= 0.3 is 12.0 Å². The number of nitrogens with zero attached hydrogens (tertiary/aromatic N) is 4. The molecule has 0 atom stereocenters. The highest BCUT2D eigenvalue weighted by atomic mass is 16.5. The zero-order valence-electron chi connectivity index (χ0n) is 13.3. The Morgan fingerprint density at radius 2 is 1.92 bits per heavy atom. The SMILES string of the molecule is COc1cccc(Oc2ncnc(N3C(=O)NC(C)(C)C3=O)n2)c1. The van der Waals surface area contributed by atoms with E-state index in [2.05, 4.69) is 20.3 Å². The second kappa shape index (κ2) is 5.76. The topological polar surface area (TPSA) is 107 Å². The summed E-state index contributed by atoms with van der Waals surface area (Å²) in [5.74, 6) is 0.503. The van der Waals surface area contributed by atoms with Gasteiger partial charge in [0.05, 0.1) is 7.11 Å². The van der Waals surface area contributed by atoms with Gasteiger partial charge in [-0.05, 0) is 26.0 Å². The number of anilines is 1. The highest BCUT2D eigenvalue weighted by Gasteiger charge is 2.46. The molecule has 9 heteroatoms. The number of hydrogen-bond acceptors (Lipinski definition) is 7. The summed E-state index contributed by atoms with van der Waals surface area (Å²) in [5.41, 5.74) is -1.02. The number of imide groups is 1. The lowest BCUT2D eigenvalue weighted by atomic mass is 10.1. The number of nitrogens with one attached hydrogen (secondary N) is 1. The van der Waals surface area contributed by atoms with Gasteiger partial charge in [-0.1, -0.05) is 6.07 Å². The summed E-state index contributed by atoms with van der Waals surface area (Å²) in [6.07, 6.45) is 1.17. The van der Waals surface area contributed by atoms with Crippen LogP contribution in [0, 0.1) is 0 Å². The van der Waals surface area contributed by atoms with Gasteiger partial charge in [0.2, 0.25) is 5.95 Å². The summed E-state index contributed by atoms with van der Waals surface area (Å²) in [7, 11) is 1.54. The van der Waals surface area contributed by atoms with Crippen molar-refractivity contribution >= 4 is 17.9 Å². The number of carbonyl (C=O) groups is 2. The molecule has 1 aliphatic rings. The summed E-state index contributed by atoms with van der Waals surface area (Å²) in [6, 6.07) is 6.22. The van der Waals surface area contributed by atoms with Crippen molar-refractivity contribution in [1.82, 2.24) is 20.3 Å². The summed E-state index contributed by atoms with van der Waals surface area (Å²) in [5, 5.41) is 2.56. The largest absolute Gasteiger partial charge is 0.497 e. The van der Waals surface area contributed by atoms with Gasteiger partial charge in [-0.25, -0.2) is 9.78 Å². The van der Waals surface area contributed by atoms with Gasteiger partial charge in [0.25, 0.3) is 5.91 Å². The Hall–Kier alpha value is -3.23. The fraction of sp³-hybridized carbons (Fsp3) is 0.267. The summed E-state index contributed by atoms with van der Waals surface area (Å²) >= 11 is 0. The summed E-state index contributed by atoms with van der Waals surface area (Å²) < 4.78 is 10.6. The Kier molecular flexibility index (Phi) is 3.76. The number of methoxy groups -OCH3 is 1. The number of carbonyl (C=O) groups excluding carboxylic acids is 2.